The van der Waals surface area contributed by atoms with E-state index in [9.17, 15) is 0 Å². The molecular formula is C24H22AsBrN6O. The van der Waals surface area contributed by atoms with Crippen molar-refractivity contribution >= 4 is 54.5 Å². The van der Waals surface area contributed by atoms with Gasteiger partial charge in [0.15, 0.2) is 0 Å². The Morgan fingerprint density at radius 1 is 1.06 bits per heavy atom. The average Bonchev–Trinajstić information content (AvgIpc) is 3.18. The minimum absolute atomic E-state index is 0.648. The van der Waals surface area contributed by atoms with Crippen LogP contribution in [0.4, 0.5) is 17.2 Å². The van der Waals surface area contributed by atoms with Crippen LogP contribution in [0.1, 0.15) is 11.3 Å². The van der Waals surface area contributed by atoms with Crippen molar-refractivity contribution in [3.63, 3.8) is 0 Å². The Kier molecular flexibility index (Phi) is 6.04. The first-order valence-corrected chi connectivity index (χ1v) is 12.4. The fraction of sp³-hybridized carbons (Fsp3) is 0.167. The summed E-state index contributed by atoms with van der Waals surface area (Å²) in [5, 5.41) is 0. The maximum atomic E-state index is 5.31. The number of pyridine rings is 2. The maximum absolute atomic E-state index is 5.31. The predicted octanol–water partition coefficient (Wildman–Crippen LogP) is 3.39. The van der Waals surface area contributed by atoms with Gasteiger partial charge in [0.2, 0.25) is 0 Å². The van der Waals surface area contributed by atoms with Crippen LogP contribution in [-0.4, -0.2) is 50.6 Å². The summed E-state index contributed by atoms with van der Waals surface area (Å²) >= 11 is 4.97. The molecular weight excluding hydrogens is 543 g/mol. The Labute approximate surface area is 209 Å². The molecule has 0 spiro atoms. The Bertz CT molecular complexity index is 1320. The second kappa shape index (κ2) is 9.12. The molecule has 0 bridgehead atoms. The van der Waals surface area contributed by atoms with Crippen LogP contribution in [0.5, 0.6) is 5.75 Å². The Hall–Kier alpha value is -2.96. The molecule has 1 aromatic carbocycles. The van der Waals surface area contributed by atoms with Crippen LogP contribution in [0.25, 0.3) is 11.5 Å². The molecule has 3 aromatic heterocycles. The standard InChI is InChI=1S/C24H22AsBrN6O/c1-15-4-3-5-19(28-15)23-29-22(25)21-24(30-23)31(13-16-6-8-18(33-2)9-7-16)14-32(21)17-10-11-27-20(26)12-17/h3-12H,13-14,25H2,1-2H3. The fourth-order valence-electron chi connectivity index (χ4n) is 3.88. The monoisotopic (exact) mass is 564 g/mol. The Morgan fingerprint density at radius 3 is 2.61 bits per heavy atom. The molecule has 4 aromatic rings. The van der Waals surface area contributed by atoms with E-state index >= 15 is 0 Å². The third kappa shape index (κ3) is 4.45. The number of aryl methyl sites for hydroxylation is 1. The molecule has 33 heavy (non-hydrogen) atoms. The summed E-state index contributed by atoms with van der Waals surface area (Å²) in [4.78, 5) is 23.3. The van der Waals surface area contributed by atoms with Gasteiger partial charge in [-0.2, -0.15) is 0 Å². The summed E-state index contributed by atoms with van der Waals surface area (Å²) in [5.74, 6) is 2.40. The van der Waals surface area contributed by atoms with Gasteiger partial charge in [-0.25, -0.2) is 0 Å². The molecule has 5 rings (SSSR count). The van der Waals surface area contributed by atoms with Gasteiger partial charge in [0.05, 0.1) is 0 Å². The van der Waals surface area contributed by atoms with Gasteiger partial charge in [0, 0.05) is 0 Å². The van der Waals surface area contributed by atoms with E-state index < -0.39 is 0 Å². The summed E-state index contributed by atoms with van der Waals surface area (Å²) in [7, 11) is 1.68. The first-order valence-electron chi connectivity index (χ1n) is 10.4. The van der Waals surface area contributed by atoms with Gasteiger partial charge < -0.3 is 0 Å². The molecule has 0 saturated carbocycles. The number of fused-ring (bicyclic) bond motifs is 1. The van der Waals surface area contributed by atoms with Gasteiger partial charge in [-0.3, -0.25) is 0 Å². The second-order valence-corrected chi connectivity index (χ2v) is 9.68. The van der Waals surface area contributed by atoms with Crippen LogP contribution in [0.2, 0.25) is 0 Å². The molecule has 0 N–H and O–H groups in total. The van der Waals surface area contributed by atoms with Crippen LogP contribution in [0.15, 0.2) is 65.4 Å². The third-order valence-electron chi connectivity index (χ3n) is 5.45. The van der Waals surface area contributed by atoms with Gasteiger partial charge in [-0.15, -0.1) is 0 Å². The molecule has 9 heteroatoms. The first-order chi connectivity index (χ1) is 16.0. The molecule has 0 fully saturated rings. The number of rotatable bonds is 5. The number of ether oxygens (including phenoxy) is 1. The average molecular weight is 565 g/mol. The molecule has 7 nitrogen and oxygen atoms in total. The first kappa shape index (κ1) is 21.9. The molecule has 1 unspecified atom stereocenters. The van der Waals surface area contributed by atoms with Crippen LogP contribution >= 0.6 is 15.9 Å². The number of nitrogens with zero attached hydrogens (tertiary/aromatic N) is 6. The summed E-state index contributed by atoms with van der Waals surface area (Å²) < 4.78 is 7.07. The van der Waals surface area contributed by atoms with Crippen LogP contribution in [0, 0.1) is 6.92 Å². The van der Waals surface area contributed by atoms with E-state index in [0.717, 1.165) is 43.4 Å². The zero-order valence-electron chi connectivity index (χ0n) is 18.2. The normalized spacial score (nSPS) is 12.7. The molecule has 0 amide bonds. The Balaban J connectivity index is 1.59. The van der Waals surface area contributed by atoms with Gasteiger partial charge in [0.1, 0.15) is 0 Å². The topological polar surface area (TPSA) is 67.3 Å². The van der Waals surface area contributed by atoms with Crippen molar-refractivity contribution in [2.45, 2.75) is 13.5 Å². The SMILES string of the molecule is COc1ccc(CN2CN(c3ccnc(Br)c3)c3c([AsH2])nc(-c4cccc(C)n4)nc32)cc1. The molecule has 0 aliphatic carbocycles. The van der Waals surface area contributed by atoms with E-state index in [0.29, 0.717) is 19.0 Å². The van der Waals surface area contributed by atoms with Crippen molar-refractivity contribution in [3.05, 3.63) is 76.7 Å². The number of hydrogen-bond donors (Lipinski definition) is 0. The number of halogens is 1. The number of anilines is 3. The van der Waals surface area contributed by atoms with Crippen molar-refractivity contribution in [3.8, 4) is 17.3 Å². The molecule has 0 saturated heterocycles. The van der Waals surface area contributed by atoms with Crippen LogP contribution in [0.3, 0.4) is 0 Å². The van der Waals surface area contributed by atoms with Gasteiger partial charge in [-0.05, 0) is 0 Å². The van der Waals surface area contributed by atoms with Gasteiger partial charge in [-0.1, -0.05) is 0 Å². The van der Waals surface area contributed by atoms with Crippen molar-refractivity contribution in [1.29, 1.82) is 0 Å². The van der Waals surface area contributed by atoms with Crippen molar-refractivity contribution < 1.29 is 4.74 Å². The fourth-order valence-corrected chi connectivity index (χ4v) is 5.08. The van der Waals surface area contributed by atoms with Gasteiger partial charge in [0.25, 0.3) is 0 Å². The van der Waals surface area contributed by atoms with Gasteiger partial charge >= 0.3 is 210 Å². The van der Waals surface area contributed by atoms with Crippen molar-refractivity contribution in [1.82, 2.24) is 19.9 Å². The number of benzene rings is 1. The molecule has 1 aliphatic heterocycles. The quantitative estimate of drug-likeness (QED) is 0.272. The number of aromatic nitrogens is 4. The Morgan fingerprint density at radius 2 is 1.88 bits per heavy atom. The van der Waals surface area contributed by atoms with Crippen LogP contribution < -0.4 is 19.0 Å². The van der Waals surface area contributed by atoms with E-state index in [4.69, 9.17) is 14.7 Å². The molecule has 0 radical (unpaired) electrons. The third-order valence-corrected chi connectivity index (χ3v) is 6.72. The van der Waals surface area contributed by atoms with Crippen molar-refractivity contribution in [2.24, 2.45) is 0 Å². The van der Waals surface area contributed by atoms with Crippen molar-refractivity contribution in [2.75, 3.05) is 23.6 Å². The summed E-state index contributed by atoms with van der Waals surface area (Å²) in [6.07, 6.45) is 1.80. The zero-order valence-corrected chi connectivity index (χ0v) is 22.2. The number of methoxy groups -OCH3 is 1. The number of hydrogen-bond acceptors (Lipinski definition) is 7. The summed E-state index contributed by atoms with van der Waals surface area (Å²) in [5.41, 5.74) is 4.97. The second-order valence-electron chi connectivity index (χ2n) is 7.72. The van der Waals surface area contributed by atoms with E-state index in [2.05, 4.69) is 47.8 Å². The summed E-state index contributed by atoms with van der Waals surface area (Å²) in [6, 6.07) is 18.1. The molecule has 166 valence electrons. The van der Waals surface area contributed by atoms with E-state index in [1.807, 2.05) is 49.4 Å². The minimum atomic E-state index is 0.648. The zero-order chi connectivity index (χ0) is 22.9. The van der Waals surface area contributed by atoms with E-state index in [-0.39, 0.29) is 0 Å². The summed E-state index contributed by atoms with van der Waals surface area (Å²) in [6.45, 7) is 3.35. The predicted molar refractivity (Wildman–Crippen MR) is 136 cm³/mol. The van der Waals surface area contributed by atoms with E-state index in [1.165, 1.54) is 22.4 Å². The molecule has 1 aliphatic rings. The molecule has 1 atom stereocenters. The van der Waals surface area contributed by atoms with Crippen LogP contribution in [-0.2, 0) is 6.54 Å². The molecule has 4 heterocycles. The van der Waals surface area contributed by atoms with E-state index in [1.54, 1.807) is 13.3 Å².